The molecule has 0 bridgehead atoms. The van der Waals surface area contributed by atoms with Gasteiger partial charge in [-0.2, -0.15) is 0 Å². The lowest BCUT2D eigenvalue weighted by molar-refractivity contribution is 0.617. The van der Waals surface area contributed by atoms with Gasteiger partial charge >= 0.3 is 0 Å². The monoisotopic (exact) mass is 264 g/mol. The molecule has 4 heteroatoms. The summed E-state index contributed by atoms with van der Waals surface area (Å²) >= 11 is 0. The fraction of sp³-hybridized carbons (Fsp3) is 0.500. The van der Waals surface area contributed by atoms with E-state index in [-0.39, 0.29) is 24.8 Å². The van der Waals surface area contributed by atoms with E-state index in [9.17, 15) is 0 Å². The van der Waals surface area contributed by atoms with Crippen LogP contribution in [0.4, 0.5) is 0 Å². The van der Waals surface area contributed by atoms with E-state index in [1.165, 1.54) is 12.8 Å². The lowest BCUT2D eigenvalue weighted by Crippen LogP contribution is -2.18. The fourth-order valence-corrected chi connectivity index (χ4v) is 0.993. The fourth-order valence-electron chi connectivity index (χ4n) is 0.993. The van der Waals surface area contributed by atoms with Crippen molar-refractivity contribution in [1.29, 1.82) is 0 Å². The Morgan fingerprint density at radius 3 is 1.50 bits per heavy atom. The molecule has 0 heterocycles. The van der Waals surface area contributed by atoms with E-state index < -0.39 is 0 Å². The number of hydrogen-bond donors (Lipinski definition) is 2. The molecule has 0 saturated heterocycles. The van der Waals surface area contributed by atoms with Gasteiger partial charge in [-0.3, -0.25) is 0 Å². The van der Waals surface area contributed by atoms with Crippen molar-refractivity contribution < 1.29 is 0 Å². The third-order valence-corrected chi connectivity index (χ3v) is 1.74. The van der Waals surface area contributed by atoms with Gasteiger partial charge in [0.2, 0.25) is 0 Å². The second kappa shape index (κ2) is 20.0. The molecular formula is C12H22Cl2N2. The summed E-state index contributed by atoms with van der Waals surface area (Å²) in [5.41, 5.74) is 5.45. The Balaban J connectivity index is -0.000000845. The maximum Gasteiger partial charge on any atom is 0.0209 e. The minimum Gasteiger partial charge on any atom is -0.313 e. The van der Waals surface area contributed by atoms with Gasteiger partial charge in [-0.25, -0.2) is 0 Å². The molecule has 0 rings (SSSR count). The van der Waals surface area contributed by atoms with Crippen LogP contribution in [0.5, 0.6) is 0 Å². The highest BCUT2D eigenvalue weighted by Gasteiger charge is 1.86. The number of unbranched alkanes of at least 4 members (excludes halogenated alkanes) is 1. The Labute approximate surface area is 111 Å². The predicted molar refractivity (Wildman–Crippen MR) is 76.9 cm³/mol. The first-order valence-corrected chi connectivity index (χ1v) is 5.02. The lowest BCUT2D eigenvalue weighted by Gasteiger charge is -2.02. The molecule has 0 saturated carbocycles. The van der Waals surface area contributed by atoms with Gasteiger partial charge in [-0.15, -0.1) is 36.3 Å². The lowest BCUT2D eigenvalue weighted by atomic mass is 10.3. The van der Waals surface area contributed by atoms with Crippen LogP contribution in [0.15, 0.2) is 36.8 Å². The molecular weight excluding hydrogens is 243 g/mol. The zero-order valence-electron chi connectivity index (χ0n) is 9.63. The second-order valence-corrected chi connectivity index (χ2v) is 2.93. The summed E-state index contributed by atoms with van der Waals surface area (Å²) in [5, 5.41) is 6.54. The van der Waals surface area contributed by atoms with Gasteiger partial charge in [-0.05, 0) is 38.1 Å². The molecule has 0 aliphatic rings. The van der Waals surface area contributed by atoms with Gasteiger partial charge < -0.3 is 10.6 Å². The largest absolute Gasteiger partial charge is 0.313 e. The summed E-state index contributed by atoms with van der Waals surface area (Å²) in [6.07, 6.45) is 6.17. The molecule has 0 aliphatic carbocycles. The molecule has 0 unspecified atom stereocenters. The molecule has 2 nitrogen and oxygen atoms in total. The maximum absolute atomic E-state index is 3.49. The third-order valence-electron chi connectivity index (χ3n) is 1.74. The number of rotatable bonds is 9. The van der Waals surface area contributed by atoms with Crippen LogP contribution in [-0.2, 0) is 0 Å². The summed E-state index contributed by atoms with van der Waals surface area (Å²) in [6.45, 7) is 10.8. The van der Waals surface area contributed by atoms with Crippen molar-refractivity contribution in [2.75, 3.05) is 26.2 Å². The van der Waals surface area contributed by atoms with Crippen LogP contribution in [0.25, 0.3) is 0 Å². The van der Waals surface area contributed by atoms with Gasteiger partial charge in [0.15, 0.2) is 0 Å². The average molecular weight is 265 g/mol. The van der Waals surface area contributed by atoms with Crippen molar-refractivity contribution in [3.8, 4) is 0 Å². The first-order chi connectivity index (χ1) is 6.91. The van der Waals surface area contributed by atoms with Crippen LogP contribution in [0, 0.1) is 0 Å². The van der Waals surface area contributed by atoms with E-state index in [1.54, 1.807) is 0 Å². The highest BCUT2D eigenvalue weighted by Crippen LogP contribution is 1.83. The normalized spacial score (nSPS) is 7.75. The van der Waals surface area contributed by atoms with Crippen LogP contribution in [-0.4, -0.2) is 26.2 Å². The highest BCUT2D eigenvalue weighted by atomic mass is 35.5. The van der Waals surface area contributed by atoms with E-state index in [0.717, 1.165) is 26.2 Å². The summed E-state index contributed by atoms with van der Waals surface area (Å²) in [5.74, 6) is 0. The SMILES string of the molecule is C=C=CCNCCCCNCC=C=C.Cl.Cl. The zero-order chi connectivity index (χ0) is 10.5. The van der Waals surface area contributed by atoms with E-state index >= 15 is 0 Å². The van der Waals surface area contributed by atoms with Gasteiger partial charge in [-0.1, -0.05) is 13.2 Å². The van der Waals surface area contributed by atoms with Gasteiger partial charge in [0.25, 0.3) is 0 Å². The summed E-state index contributed by atoms with van der Waals surface area (Å²) < 4.78 is 0. The van der Waals surface area contributed by atoms with Crippen LogP contribution in [0.1, 0.15) is 12.8 Å². The Kier molecular flexibility index (Phi) is 26.1. The second-order valence-electron chi connectivity index (χ2n) is 2.93. The van der Waals surface area contributed by atoms with E-state index in [4.69, 9.17) is 0 Å². The third kappa shape index (κ3) is 19.2. The minimum atomic E-state index is 0. The van der Waals surface area contributed by atoms with Crippen molar-refractivity contribution in [3.05, 3.63) is 36.8 Å². The summed E-state index contributed by atoms with van der Waals surface area (Å²) in [6, 6.07) is 0. The van der Waals surface area contributed by atoms with Crippen LogP contribution in [0.2, 0.25) is 0 Å². The first-order valence-electron chi connectivity index (χ1n) is 5.02. The van der Waals surface area contributed by atoms with Crippen molar-refractivity contribution >= 4 is 24.8 Å². The van der Waals surface area contributed by atoms with Crippen molar-refractivity contribution in [2.45, 2.75) is 12.8 Å². The Morgan fingerprint density at radius 2 is 1.19 bits per heavy atom. The molecule has 0 aromatic heterocycles. The molecule has 16 heavy (non-hydrogen) atoms. The number of nitrogens with one attached hydrogen (secondary N) is 2. The molecule has 2 N–H and O–H groups in total. The standard InChI is InChI=1S/C12H20N2.2ClH/c1-3-5-9-13-11-7-8-12-14-10-6-4-2;;/h5-6,13-14H,1-2,7-12H2;2*1H. The van der Waals surface area contributed by atoms with Gasteiger partial charge in [0.1, 0.15) is 0 Å². The highest BCUT2D eigenvalue weighted by molar-refractivity contribution is 5.85. The molecule has 0 aliphatic heterocycles. The molecule has 0 fully saturated rings. The predicted octanol–water partition coefficient (Wildman–Crippen LogP) is 2.47. The smallest absolute Gasteiger partial charge is 0.0209 e. The Bertz CT molecular complexity index is 193. The van der Waals surface area contributed by atoms with Crippen LogP contribution >= 0.6 is 24.8 Å². The zero-order valence-corrected chi connectivity index (χ0v) is 11.3. The Hall–Kier alpha value is -0.460. The maximum atomic E-state index is 3.49. The quantitative estimate of drug-likeness (QED) is 0.494. The van der Waals surface area contributed by atoms with E-state index in [2.05, 4.69) is 35.3 Å². The molecule has 0 amide bonds. The van der Waals surface area contributed by atoms with Crippen molar-refractivity contribution in [3.63, 3.8) is 0 Å². The van der Waals surface area contributed by atoms with Crippen LogP contribution < -0.4 is 10.6 Å². The van der Waals surface area contributed by atoms with E-state index in [0.29, 0.717) is 0 Å². The molecule has 0 spiro atoms. The van der Waals surface area contributed by atoms with Gasteiger partial charge in [0.05, 0.1) is 0 Å². The summed E-state index contributed by atoms with van der Waals surface area (Å²) in [4.78, 5) is 0. The molecule has 94 valence electrons. The van der Waals surface area contributed by atoms with Crippen LogP contribution in [0.3, 0.4) is 0 Å². The van der Waals surface area contributed by atoms with Crippen molar-refractivity contribution in [2.24, 2.45) is 0 Å². The molecule has 0 atom stereocenters. The molecule has 0 radical (unpaired) electrons. The van der Waals surface area contributed by atoms with Gasteiger partial charge in [0, 0.05) is 13.1 Å². The van der Waals surface area contributed by atoms with E-state index in [1.807, 2.05) is 12.2 Å². The average Bonchev–Trinajstić information content (AvgIpc) is 2.21. The molecule has 0 aromatic carbocycles. The minimum absolute atomic E-state index is 0. The number of hydrogen-bond acceptors (Lipinski definition) is 2. The van der Waals surface area contributed by atoms with Crippen molar-refractivity contribution in [1.82, 2.24) is 10.6 Å². The topological polar surface area (TPSA) is 24.1 Å². The molecule has 0 aromatic rings. The summed E-state index contributed by atoms with van der Waals surface area (Å²) in [7, 11) is 0. The number of halogens is 2. The first kappa shape index (κ1) is 20.9. The Morgan fingerprint density at radius 1 is 0.812 bits per heavy atom.